The molecule has 0 radical (unpaired) electrons. The SMILES string of the molecule is CC1CN(S(=O)(=O)C=Cc2ccc(Cl)cc2)CCN1C(=O)C1CCN(c2ccncc2)CC1. The van der Waals surface area contributed by atoms with Gasteiger partial charge in [0.1, 0.15) is 0 Å². The van der Waals surface area contributed by atoms with E-state index in [1.807, 2.05) is 24.0 Å². The lowest BCUT2D eigenvalue weighted by atomic mass is 9.94. The number of rotatable bonds is 5. The van der Waals surface area contributed by atoms with Gasteiger partial charge in [0.05, 0.1) is 0 Å². The van der Waals surface area contributed by atoms with E-state index in [1.165, 1.54) is 9.71 Å². The summed E-state index contributed by atoms with van der Waals surface area (Å²) >= 11 is 5.88. The molecule has 2 aromatic rings. The number of anilines is 1. The number of hydrogen-bond donors (Lipinski definition) is 0. The highest BCUT2D eigenvalue weighted by Crippen LogP contribution is 2.26. The van der Waals surface area contributed by atoms with Crippen molar-refractivity contribution in [1.82, 2.24) is 14.2 Å². The van der Waals surface area contributed by atoms with Gasteiger partial charge in [0, 0.05) is 73.2 Å². The summed E-state index contributed by atoms with van der Waals surface area (Å²) in [7, 11) is -3.57. The lowest BCUT2D eigenvalue weighted by Crippen LogP contribution is -2.57. The maximum atomic E-state index is 13.2. The number of pyridine rings is 1. The fourth-order valence-electron chi connectivity index (χ4n) is 4.48. The van der Waals surface area contributed by atoms with Gasteiger partial charge in [-0.25, -0.2) is 8.42 Å². The summed E-state index contributed by atoms with van der Waals surface area (Å²) in [5.74, 6) is 0.129. The maximum Gasteiger partial charge on any atom is 0.236 e. The summed E-state index contributed by atoms with van der Waals surface area (Å²) < 4.78 is 27.1. The molecule has 3 heterocycles. The molecule has 2 saturated heterocycles. The molecule has 0 aliphatic carbocycles. The molecule has 176 valence electrons. The number of piperidine rings is 1. The van der Waals surface area contributed by atoms with Gasteiger partial charge in [-0.1, -0.05) is 23.7 Å². The first-order valence-corrected chi connectivity index (χ1v) is 13.1. The largest absolute Gasteiger partial charge is 0.371 e. The third-order valence-electron chi connectivity index (χ3n) is 6.41. The molecular weight excluding hydrogens is 460 g/mol. The number of hydrogen-bond acceptors (Lipinski definition) is 5. The second-order valence-corrected chi connectivity index (χ2v) is 10.9. The van der Waals surface area contributed by atoms with Crippen LogP contribution in [0.4, 0.5) is 5.69 Å². The van der Waals surface area contributed by atoms with E-state index in [4.69, 9.17) is 11.6 Å². The van der Waals surface area contributed by atoms with Gasteiger partial charge in [-0.05, 0) is 55.7 Å². The van der Waals surface area contributed by atoms with Crippen LogP contribution in [0.3, 0.4) is 0 Å². The van der Waals surface area contributed by atoms with Crippen LogP contribution in [0.25, 0.3) is 6.08 Å². The summed E-state index contributed by atoms with van der Waals surface area (Å²) in [5.41, 5.74) is 1.90. The highest BCUT2D eigenvalue weighted by atomic mass is 35.5. The smallest absolute Gasteiger partial charge is 0.236 e. The fraction of sp³-hybridized carbons (Fsp3) is 0.417. The molecule has 0 spiro atoms. The number of sulfonamides is 1. The Balaban J connectivity index is 1.32. The van der Waals surface area contributed by atoms with Crippen molar-refractivity contribution in [2.24, 2.45) is 5.92 Å². The van der Waals surface area contributed by atoms with Crippen molar-refractivity contribution in [2.75, 3.05) is 37.6 Å². The van der Waals surface area contributed by atoms with Crippen LogP contribution in [-0.2, 0) is 14.8 Å². The molecule has 1 aromatic heterocycles. The molecule has 2 aliphatic heterocycles. The minimum Gasteiger partial charge on any atom is -0.371 e. The lowest BCUT2D eigenvalue weighted by molar-refractivity contribution is -0.139. The average molecular weight is 489 g/mol. The van der Waals surface area contributed by atoms with Crippen LogP contribution in [0.1, 0.15) is 25.3 Å². The van der Waals surface area contributed by atoms with Crippen LogP contribution < -0.4 is 4.90 Å². The molecule has 1 aromatic carbocycles. The zero-order chi connectivity index (χ0) is 23.4. The molecule has 1 unspecified atom stereocenters. The standard InChI is InChI=1S/C24H29ClN4O3S/c1-19-18-28(33(31,32)17-10-20-2-4-22(25)5-3-20)15-16-29(19)24(30)21-8-13-27(14-9-21)23-6-11-26-12-7-23/h2-7,10-12,17,19,21H,8-9,13-16,18H2,1H3. The van der Waals surface area contributed by atoms with Gasteiger partial charge in [-0.3, -0.25) is 9.78 Å². The minimum atomic E-state index is -3.57. The Labute approximate surface area is 200 Å². The average Bonchev–Trinajstić information content (AvgIpc) is 2.84. The van der Waals surface area contributed by atoms with Gasteiger partial charge in [0.15, 0.2) is 0 Å². The topological polar surface area (TPSA) is 73.8 Å². The molecule has 2 fully saturated rings. The number of carbonyl (C=O) groups is 1. The molecule has 4 rings (SSSR count). The summed E-state index contributed by atoms with van der Waals surface area (Å²) in [5, 5.41) is 1.84. The Hall–Kier alpha value is -2.42. The molecule has 9 heteroatoms. The van der Waals surface area contributed by atoms with Crippen molar-refractivity contribution >= 4 is 39.3 Å². The number of piperazine rings is 1. The fourth-order valence-corrected chi connectivity index (χ4v) is 5.87. The third kappa shape index (κ3) is 5.75. The number of nitrogens with zero attached hydrogens (tertiary/aromatic N) is 4. The predicted octanol–water partition coefficient (Wildman–Crippen LogP) is 3.48. The van der Waals surface area contributed by atoms with E-state index in [1.54, 1.807) is 42.7 Å². The van der Waals surface area contributed by atoms with E-state index in [2.05, 4.69) is 9.88 Å². The molecular formula is C24H29ClN4O3S. The molecule has 2 aliphatic rings. The highest BCUT2D eigenvalue weighted by Gasteiger charge is 2.36. The second kappa shape index (κ2) is 10.2. The Morgan fingerprint density at radius 1 is 1.03 bits per heavy atom. The lowest BCUT2D eigenvalue weighted by Gasteiger charge is -2.42. The normalized spacial score (nSPS) is 21.0. The number of amides is 1. The zero-order valence-corrected chi connectivity index (χ0v) is 20.3. The molecule has 1 atom stereocenters. The van der Waals surface area contributed by atoms with Gasteiger partial charge in [-0.15, -0.1) is 0 Å². The van der Waals surface area contributed by atoms with Crippen LogP contribution in [0.5, 0.6) is 0 Å². The van der Waals surface area contributed by atoms with E-state index in [9.17, 15) is 13.2 Å². The van der Waals surface area contributed by atoms with Crippen LogP contribution >= 0.6 is 11.6 Å². The summed E-state index contributed by atoms with van der Waals surface area (Å²) in [4.78, 5) is 21.4. The predicted molar refractivity (Wildman–Crippen MR) is 131 cm³/mol. The van der Waals surface area contributed by atoms with Gasteiger partial charge >= 0.3 is 0 Å². The third-order valence-corrected chi connectivity index (χ3v) is 8.19. The van der Waals surface area contributed by atoms with Gasteiger partial charge in [-0.2, -0.15) is 4.31 Å². The van der Waals surface area contributed by atoms with Crippen molar-refractivity contribution in [1.29, 1.82) is 0 Å². The second-order valence-electron chi connectivity index (χ2n) is 8.60. The molecule has 33 heavy (non-hydrogen) atoms. The number of carbonyl (C=O) groups excluding carboxylic acids is 1. The van der Waals surface area contributed by atoms with Crippen molar-refractivity contribution in [2.45, 2.75) is 25.8 Å². The summed E-state index contributed by atoms with van der Waals surface area (Å²) in [6.07, 6.45) is 6.75. The van der Waals surface area contributed by atoms with Crippen molar-refractivity contribution in [3.8, 4) is 0 Å². The Kier molecular flexibility index (Phi) is 7.36. The van der Waals surface area contributed by atoms with E-state index >= 15 is 0 Å². The maximum absolute atomic E-state index is 13.2. The highest BCUT2D eigenvalue weighted by molar-refractivity contribution is 7.92. The first-order chi connectivity index (χ1) is 15.8. The van der Waals surface area contributed by atoms with Crippen LogP contribution in [0, 0.1) is 5.92 Å². The number of aromatic nitrogens is 1. The molecule has 1 amide bonds. The van der Waals surface area contributed by atoms with Crippen LogP contribution in [0.2, 0.25) is 5.02 Å². The quantitative estimate of drug-likeness (QED) is 0.644. The first kappa shape index (κ1) is 23.7. The Bertz CT molecular complexity index is 1080. The zero-order valence-electron chi connectivity index (χ0n) is 18.7. The monoisotopic (exact) mass is 488 g/mol. The number of benzene rings is 1. The van der Waals surface area contributed by atoms with Crippen molar-refractivity contribution in [3.05, 3.63) is 64.8 Å². The minimum absolute atomic E-state index is 0.0153. The molecule has 7 nitrogen and oxygen atoms in total. The van der Waals surface area contributed by atoms with Crippen molar-refractivity contribution in [3.63, 3.8) is 0 Å². The van der Waals surface area contributed by atoms with Crippen LogP contribution in [-0.4, -0.2) is 67.3 Å². The van der Waals surface area contributed by atoms with E-state index < -0.39 is 10.0 Å². The molecule has 0 bridgehead atoms. The van der Waals surface area contributed by atoms with E-state index in [0.717, 1.165) is 37.2 Å². The summed E-state index contributed by atoms with van der Waals surface area (Å²) in [6.45, 7) is 4.61. The first-order valence-electron chi connectivity index (χ1n) is 11.2. The van der Waals surface area contributed by atoms with Gasteiger partial charge in [0.25, 0.3) is 0 Å². The van der Waals surface area contributed by atoms with E-state index in [0.29, 0.717) is 24.7 Å². The summed E-state index contributed by atoms with van der Waals surface area (Å²) in [6, 6.07) is 10.8. The molecule has 0 N–H and O–H groups in total. The Morgan fingerprint density at radius 2 is 1.70 bits per heavy atom. The Morgan fingerprint density at radius 3 is 2.33 bits per heavy atom. The van der Waals surface area contributed by atoms with E-state index in [-0.39, 0.29) is 17.9 Å². The van der Waals surface area contributed by atoms with Crippen molar-refractivity contribution < 1.29 is 13.2 Å². The number of halogens is 1. The van der Waals surface area contributed by atoms with Crippen LogP contribution in [0.15, 0.2) is 54.2 Å². The van der Waals surface area contributed by atoms with Gasteiger partial charge in [0.2, 0.25) is 15.9 Å². The molecule has 0 saturated carbocycles. The van der Waals surface area contributed by atoms with Gasteiger partial charge < -0.3 is 9.80 Å².